The number of Topliss-reactive ketones (excluding diaryl/α,β-unsaturated/α-hetero) is 1. The molecule has 100 valence electrons. The van der Waals surface area contributed by atoms with Crippen molar-refractivity contribution in [3.63, 3.8) is 0 Å². The van der Waals surface area contributed by atoms with E-state index in [1.807, 2.05) is 48.9 Å². The Labute approximate surface area is 121 Å². The molecule has 0 radical (unpaired) electrons. The second-order valence-corrected chi connectivity index (χ2v) is 5.53. The number of aryl methyl sites for hydroxylation is 2. The van der Waals surface area contributed by atoms with E-state index < -0.39 is 0 Å². The number of halogens is 1. The number of carbonyl (C=O) groups excluding carboxylic acids is 1. The van der Waals surface area contributed by atoms with E-state index in [9.17, 15) is 4.79 Å². The van der Waals surface area contributed by atoms with Crippen LogP contribution in [-0.2, 0) is 24.2 Å². The predicted molar refractivity (Wildman–Crippen MR) is 79.2 cm³/mol. The van der Waals surface area contributed by atoms with Gasteiger partial charge in [0, 0.05) is 29.6 Å². The molecule has 0 fully saturated rings. The number of nitrogens with zero attached hydrogens (tertiary/aromatic N) is 2. The van der Waals surface area contributed by atoms with Gasteiger partial charge < -0.3 is 0 Å². The quantitative estimate of drug-likeness (QED) is 0.847. The summed E-state index contributed by atoms with van der Waals surface area (Å²) in [4.78, 5) is 12.1. The zero-order chi connectivity index (χ0) is 13.8. The first-order valence-corrected chi connectivity index (χ1v) is 7.17. The molecule has 19 heavy (non-hydrogen) atoms. The van der Waals surface area contributed by atoms with E-state index in [0.717, 1.165) is 28.0 Å². The van der Waals surface area contributed by atoms with Gasteiger partial charge in [-0.2, -0.15) is 5.10 Å². The summed E-state index contributed by atoms with van der Waals surface area (Å²) in [5, 5.41) is 4.36. The van der Waals surface area contributed by atoms with Gasteiger partial charge in [0.25, 0.3) is 0 Å². The smallest absolute Gasteiger partial charge is 0.143 e. The number of rotatable bonds is 5. The Balaban J connectivity index is 2.03. The highest BCUT2D eigenvalue weighted by Crippen LogP contribution is 2.12. The highest BCUT2D eigenvalue weighted by molar-refractivity contribution is 9.10. The third-order valence-corrected chi connectivity index (χ3v) is 3.51. The van der Waals surface area contributed by atoms with Gasteiger partial charge in [0.2, 0.25) is 0 Å². The first kappa shape index (κ1) is 14.0. The van der Waals surface area contributed by atoms with E-state index in [4.69, 9.17) is 0 Å². The summed E-state index contributed by atoms with van der Waals surface area (Å²) in [6.07, 6.45) is 0.923. The third-order valence-electron chi connectivity index (χ3n) is 2.98. The van der Waals surface area contributed by atoms with Gasteiger partial charge in [0.05, 0.1) is 5.69 Å². The van der Waals surface area contributed by atoms with E-state index in [2.05, 4.69) is 21.0 Å². The molecule has 0 bridgehead atoms. The highest BCUT2D eigenvalue weighted by atomic mass is 79.9. The molecular weight excluding hydrogens is 304 g/mol. The minimum Gasteiger partial charge on any atom is -0.299 e. The lowest BCUT2D eigenvalue weighted by molar-refractivity contribution is -0.117. The van der Waals surface area contributed by atoms with Gasteiger partial charge >= 0.3 is 0 Å². The van der Waals surface area contributed by atoms with E-state index in [-0.39, 0.29) is 5.78 Å². The Morgan fingerprint density at radius 3 is 2.58 bits per heavy atom. The van der Waals surface area contributed by atoms with Gasteiger partial charge in [-0.1, -0.05) is 28.1 Å². The lowest BCUT2D eigenvalue weighted by atomic mass is 10.1. The van der Waals surface area contributed by atoms with E-state index in [0.29, 0.717) is 12.8 Å². The van der Waals surface area contributed by atoms with Crippen LogP contribution in [0.1, 0.15) is 23.9 Å². The van der Waals surface area contributed by atoms with Crippen LogP contribution in [0.4, 0.5) is 0 Å². The Morgan fingerprint density at radius 1 is 1.26 bits per heavy atom. The summed E-state index contributed by atoms with van der Waals surface area (Å²) in [5.41, 5.74) is 3.02. The number of hydrogen-bond acceptors (Lipinski definition) is 2. The van der Waals surface area contributed by atoms with Crippen molar-refractivity contribution in [2.75, 3.05) is 0 Å². The predicted octanol–water partition coefficient (Wildman–Crippen LogP) is 3.33. The van der Waals surface area contributed by atoms with Crippen LogP contribution in [0.2, 0.25) is 0 Å². The Bertz CT molecular complexity index is 572. The second kappa shape index (κ2) is 6.15. The van der Waals surface area contributed by atoms with Crippen molar-refractivity contribution >= 4 is 21.7 Å². The van der Waals surface area contributed by atoms with Crippen LogP contribution in [0, 0.1) is 6.92 Å². The van der Waals surface area contributed by atoms with Crippen LogP contribution in [-0.4, -0.2) is 15.6 Å². The fourth-order valence-electron chi connectivity index (χ4n) is 2.11. The summed E-state index contributed by atoms with van der Waals surface area (Å²) in [7, 11) is 0. The van der Waals surface area contributed by atoms with Crippen molar-refractivity contribution in [2.45, 2.75) is 33.2 Å². The maximum absolute atomic E-state index is 12.1. The lowest BCUT2D eigenvalue weighted by Gasteiger charge is -2.04. The number of aromatic nitrogens is 2. The normalized spacial score (nSPS) is 10.7. The number of ketones is 1. The summed E-state index contributed by atoms with van der Waals surface area (Å²) >= 11 is 3.39. The molecule has 0 spiro atoms. The molecule has 3 nitrogen and oxygen atoms in total. The lowest BCUT2D eigenvalue weighted by Crippen LogP contribution is -2.11. The molecular formula is C15H17BrN2O. The minimum atomic E-state index is 0.219. The molecule has 0 aliphatic carbocycles. The Kier molecular flexibility index (Phi) is 4.53. The van der Waals surface area contributed by atoms with Crippen molar-refractivity contribution in [1.29, 1.82) is 0 Å². The fourth-order valence-corrected chi connectivity index (χ4v) is 2.37. The SMILES string of the molecule is CCn1nc(C)cc1CC(=O)Cc1ccc(Br)cc1. The first-order valence-electron chi connectivity index (χ1n) is 6.38. The van der Waals surface area contributed by atoms with Gasteiger partial charge in [-0.25, -0.2) is 0 Å². The minimum absolute atomic E-state index is 0.219. The summed E-state index contributed by atoms with van der Waals surface area (Å²) in [6, 6.07) is 9.86. The molecule has 1 aromatic heterocycles. The van der Waals surface area contributed by atoms with E-state index in [1.54, 1.807) is 0 Å². The molecule has 1 aromatic carbocycles. The van der Waals surface area contributed by atoms with E-state index >= 15 is 0 Å². The molecule has 0 aliphatic heterocycles. The second-order valence-electron chi connectivity index (χ2n) is 4.61. The Morgan fingerprint density at radius 2 is 1.95 bits per heavy atom. The zero-order valence-corrected chi connectivity index (χ0v) is 12.8. The first-order chi connectivity index (χ1) is 9.08. The van der Waals surface area contributed by atoms with Crippen molar-refractivity contribution in [3.8, 4) is 0 Å². The highest BCUT2D eigenvalue weighted by Gasteiger charge is 2.10. The van der Waals surface area contributed by atoms with Crippen LogP contribution >= 0.6 is 15.9 Å². The standard InChI is InChI=1S/C15H17BrN2O/c1-3-18-14(8-11(2)17-18)10-15(19)9-12-4-6-13(16)7-5-12/h4-8H,3,9-10H2,1-2H3. The molecule has 4 heteroatoms. The Hall–Kier alpha value is -1.42. The van der Waals surface area contributed by atoms with Crippen molar-refractivity contribution < 1.29 is 4.79 Å². The van der Waals surface area contributed by atoms with Crippen LogP contribution in [0.3, 0.4) is 0 Å². The molecule has 0 atom stereocenters. The van der Waals surface area contributed by atoms with E-state index in [1.165, 1.54) is 0 Å². The topological polar surface area (TPSA) is 34.9 Å². The van der Waals surface area contributed by atoms with Crippen molar-refractivity contribution in [1.82, 2.24) is 9.78 Å². The number of carbonyl (C=O) groups is 1. The maximum atomic E-state index is 12.1. The van der Waals surface area contributed by atoms with Crippen LogP contribution in [0.15, 0.2) is 34.8 Å². The van der Waals surface area contributed by atoms with Gasteiger partial charge in [-0.05, 0) is 37.6 Å². The fraction of sp³-hybridized carbons (Fsp3) is 0.333. The molecule has 0 aliphatic rings. The molecule has 0 unspecified atom stereocenters. The summed E-state index contributed by atoms with van der Waals surface area (Å²) in [6.45, 7) is 4.79. The third kappa shape index (κ3) is 3.77. The van der Waals surface area contributed by atoms with Gasteiger partial charge in [0.1, 0.15) is 5.78 Å². The van der Waals surface area contributed by atoms with Crippen LogP contribution < -0.4 is 0 Å². The molecule has 1 heterocycles. The van der Waals surface area contributed by atoms with Gasteiger partial charge in [-0.3, -0.25) is 9.48 Å². The largest absolute Gasteiger partial charge is 0.299 e. The van der Waals surface area contributed by atoms with Gasteiger partial charge in [-0.15, -0.1) is 0 Å². The molecule has 0 N–H and O–H groups in total. The van der Waals surface area contributed by atoms with Gasteiger partial charge in [0.15, 0.2) is 0 Å². The molecule has 2 rings (SSSR count). The molecule has 0 saturated heterocycles. The average molecular weight is 321 g/mol. The number of benzene rings is 1. The summed E-state index contributed by atoms with van der Waals surface area (Å²) in [5.74, 6) is 0.219. The molecule has 2 aromatic rings. The van der Waals surface area contributed by atoms with Crippen LogP contribution in [0.5, 0.6) is 0 Å². The van der Waals surface area contributed by atoms with Crippen molar-refractivity contribution in [3.05, 3.63) is 51.8 Å². The number of hydrogen-bond donors (Lipinski definition) is 0. The summed E-state index contributed by atoms with van der Waals surface area (Å²) < 4.78 is 2.93. The zero-order valence-electron chi connectivity index (χ0n) is 11.2. The monoisotopic (exact) mass is 320 g/mol. The average Bonchev–Trinajstić information content (AvgIpc) is 2.72. The molecule has 0 amide bonds. The van der Waals surface area contributed by atoms with Crippen molar-refractivity contribution in [2.24, 2.45) is 0 Å². The maximum Gasteiger partial charge on any atom is 0.143 e. The van der Waals surface area contributed by atoms with Crippen LogP contribution in [0.25, 0.3) is 0 Å². The molecule has 0 saturated carbocycles.